The van der Waals surface area contributed by atoms with Crippen molar-refractivity contribution in [2.45, 2.75) is 14.7 Å². The second-order valence-corrected chi connectivity index (χ2v) is 15.3. The minimum atomic E-state index is -2.83. The minimum absolute atomic E-state index is 0.166. The quantitative estimate of drug-likeness (QED) is 0.124. The molecule has 0 saturated carbocycles. The molecule has 0 aliphatic rings. The van der Waals surface area contributed by atoms with Crippen molar-refractivity contribution in [1.82, 2.24) is 0 Å². The van der Waals surface area contributed by atoms with E-state index < -0.39 is 22.1 Å². The van der Waals surface area contributed by atoms with E-state index in [0.717, 1.165) is 9.79 Å². The average Bonchev–Trinajstić information content (AvgIpc) is 3.26. The number of benzene rings is 8. The van der Waals surface area contributed by atoms with Crippen LogP contribution in [0.2, 0.25) is 0 Å². The molecule has 0 aromatic heterocycles. The lowest BCUT2D eigenvalue weighted by Gasteiger charge is -2.40. The highest BCUT2D eigenvalue weighted by molar-refractivity contribution is 8.30. The lowest BCUT2D eigenvalue weighted by atomic mass is 9.97. The normalized spacial score (nSPS) is 11.3. The van der Waals surface area contributed by atoms with Crippen molar-refractivity contribution in [2.24, 2.45) is 0 Å². The Morgan fingerprint density at radius 1 is 0.429 bits per heavy atom. The molecule has 8 rings (SSSR count). The van der Waals surface area contributed by atoms with Crippen molar-refractivity contribution >= 4 is 16.3 Å². The van der Waals surface area contributed by atoms with E-state index in [9.17, 15) is 4.39 Å². The van der Waals surface area contributed by atoms with Crippen molar-refractivity contribution in [3.63, 3.8) is 0 Å². The molecule has 5 nitrogen and oxygen atoms in total. The molecule has 0 spiro atoms. The topological polar surface area (TPSA) is 54.0 Å². The number of hydrogen-bond donors (Lipinski definition) is 0. The summed E-state index contributed by atoms with van der Waals surface area (Å²) in [5.41, 5.74) is 1.27. The zero-order valence-electron chi connectivity index (χ0n) is 30.0. The zero-order valence-corrected chi connectivity index (χ0v) is 30.9. The van der Waals surface area contributed by atoms with Crippen molar-refractivity contribution in [1.29, 1.82) is 0 Å². The molecule has 0 bridgehead atoms. The Balaban J connectivity index is 1.41. The second-order valence-electron chi connectivity index (χ2n) is 12.6. The number of carbonyl (C=O) groups excluding carboxylic acids is 1. The van der Waals surface area contributed by atoms with Crippen LogP contribution in [0.5, 0.6) is 34.5 Å². The number of hydrogen-bond acceptors (Lipinski definition) is 5. The molecule has 8 aromatic rings. The first-order chi connectivity index (χ1) is 27.6. The van der Waals surface area contributed by atoms with Gasteiger partial charge in [0.15, 0.2) is 11.5 Å². The number of halogens is 1. The average molecular weight is 755 g/mol. The summed E-state index contributed by atoms with van der Waals surface area (Å²) in [6, 6.07) is 64.3. The molecule has 0 aliphatic carbocycles. The Labute approximate surface area is 326 Å². The van der Waals surface area contributed by atoms with E-state index in [0.29, 0.717) is 33.3 Å². The number of para-hydroxylation sites is 3. The van der Waals surface area contributed by atoms with Crippen LogP contribution in [0.1, 0.15) is 10.4 Å². The van der Waals surface area contributed by atoms with Gasteiger partial charge in [-0.2, -0.15) is 0 Å². The summed E-state index contributed by atoms with van der Waals surface area (Å²) >= 11 is 0. The van der Waals surface area contributed by atoms with E-state index >= 15 is 4.79 Å². The van der Waals surface area contributed by atoms with Crippen molar-refractivity contribution < 1.29 is 27.6 Å². The SMILES string of the molecule is O=C(OS(c1ccccc1)(c1ccccc1)c1ccc(F)cc1)c1cc(Oc2ccccc2)c(Oc2ccccc2)c(Oc2ccccc2)c1-c1ccccc1. The lowest BCUT2D eigenvalue weighted by molar-refractivity contribution is 0.0757. The van der Waals surface area contributed by atoms with Crippen LogP contribution in [-0.2, 0) is 4.18 Å². The number of carbonyl (C=O) groups is 1. The Bertz CT molecular complexity index is 2480. The van der Waals surface area contributed by atoms with Gasteiger partial charge in [-0.15, -0.1) is 0 Å². The van der Waals surface area contributed by atoms with Crippen LogP contribution in [0.15, 0.2) is 227 Å². The highest BCUT2D eigenvalue weighted by Crippen LogP contribution is 2.69. The molecule has 0 saturated heterocycles. The van der Waals surface area contributed by atoms with Crippen LogP contribution < -0.4 is 14.2 Å². The van der Waals surface area contributed by atoms with Gasteiger partial charge in [0.25, 0.3) is 0 Å². The third kappa shape index (κ3) is 7.62. The van der Waals surface area contributed by atoms with Gasteiger partial charge in [0.1, 0.15) is 23.1 Å². The molecule has 0 N–H and O–H groups in total. The summed E-state index contributed by atoms with van der Waals surface area (Å²) in [7, 11) is -2.83. The molecule has 0 amide bonds. The highest BCUT2D eigenvalue weighted by Gasteiger charge is 2.38. The molecular formula is C49H35FO5S. The van der Waals surface area contributed by atoms with E-state index in [1.807, 2.05) is 182 Å². The van der Waals surface area contributed by atoms with Gasteiger partial charge in [0, 0.05) is 26.3 Å². The van der Waals surface area contributed by atoms with Gasteiger partial charge in [-0.3, -0.25) is 0 Å². The summed E-state index contributed by atoms with van der Waals surface area (Å²) in [5, 5.41) is 0. The first-order valence-corrected chi connectivity index (χ1v) is 19.5. The van der Waals surface area contributed by atoms with Crippen LogP contribution in [-0.4, -0.2) is 5.97 Å². The van der Waals surface area contributed by atoms with Crippen LogP contribution in [0, 0.1) is 5.82 Å². The predicted octanol–water partition coefficient (Wildman–Crippen LogP) is 13.9. The first kappa shape index (κ1) is 35.9. The van der Waals surface area contributed by atoms with E-state index in [2.05, 4.69) is 0 Å². The Morgan fingerprint density at radius 3 is 1.30 bits per heavy atom. The third-order valence-electron chi connectivity index (χ3n) is 8.88. The Kier molecular flexibility index (Phi) is 10.6. The van der Waals surface area contributed by atoms with Gasteiger partial charge < -0.3 is 18.4 Å². The molecule has 0 atom stereocenters. The number of ether oxygens (including phenoxy) is 3. The maximum absolute atomic E-state index is 15.5. The summed E-state index contributed by atoms with van der Waals surface area (Å²) < 4.78 is 41.6. The standard InChI is InChI=1S/C49H35FO5S/c50-37-31-33-43(34-32-37)56(41-27-15-5-16-28-41,42-29-17-6-18-30-42)55-49(51)44-35-45(52-38-21-9-2-10-22-38)47(53-39-23-11-3-12-24-39)48(54-40-25-13-4-14-26-40)46(44)36-19-7-1-8-20-36/h1-35H. The molecule has 0 aliphatic heterocycles. The fourth-order valence-corrected chi connectivity index (χ4v) is 9.35. The molecule has 274 valence electrons. The number of rotatable bonds is 12. The molecule has 8 aromatic carbocycles. The van der Waals surface area contributed by atoms with Crippen LogP contribution in [0.25, 0.3) is 11.1 Å². The maximum Gasteiger partial charge on any atom is 0.350 e. The van der Waals surface area contributed by atoms with Crippen LogP contribution in [0.3, 0.4) is 0 Å². The van der Waals surface area contributed by atoms with Crippen molar-refractivity contribution in [2.75, 3.05) is 0 Å². The maximum atomic E-state index is 15.5. The van der Waals surface area contributed by atoms with E-state index in [1.165, 1.54) is 12.1 Å². The van der Waals surface area contributed by atoms with Crippen molar-refractivity contribution in [3.8, 4) is 45.6 Å². The first-order valence-electron chi connectivity index (χ1n) is 18.0. The second kappa shape index (κ2) is 16.5. The Morgan fingerprint density at radius 2 is 0.821 bits per heavy atom. The summed E-state index contributed by atoms with van der Waals surface area (Å²) in [4.78, 5) is 17.6. The zero-order chi connectivity index (χ0) is 38.2. The molecule has 7 heteroatoms. The summed E-state index contributed by atoms with van der Waals surface area (Å²) in [6.07, 6.45) is 0. The monoisotopic (exact) mass is 754 g/mol. The van der Waals surface area contributed by atoms with E-state index in [-0.39, 0.29) is 22.8 Å². The molecule has 0 heterocycles. The fraction of sp³-hybridized carbons (Fsp3) is 0. The summed E-state index contributed by atoms with van der Waals surface area (Å²) in [6.45, 7) is 0. The molecule has 0 unspecified atom stereocenters. The molecule has 0 radical (unpaired) electrons. The van der Waals surface area contributed by atoms with E-state index in [1.54, 1.807) is 18.2 Å². The van der Waals surface area contributed by atoms with Gasteiger partial charge in [-0.1, -0.05) is 121 Å². The van der Waals surface area contributed by atoms with Gasteiger partial charge in [0.2, 0.25) is 5.75 Å². The highest BCUT2D eigenvalue weighted by atomic mass is 32.3. The predicted molar refractivity (Wildman–Crippen MR) is 219 cm³/mol. The van der Waals surface area contributed by atoms with Crippen LogP contribution >= 0.6 is 10.3 Å². The minimum Gasteiger partial charge on any atom is -0.453 e. The molecular weight excluding hydrogens is 720 g/mol. The van der Waals surface area contributed by atoms with Gasteiger partial charge in [-0.05, 0) is 101 Å². The van der Waals surface area contributed by atoms with Gasteiger partial charge in [0.05, 0.1) is 5.56 Å². The van der Waals surface area contributed by atoms with Gasteiger partial charge >= 0.3 is 5.97 Å². The van der Waals surface area contributed by atoms with Gasteiger partial charge in [-0.25, -0.2) is 9.18 Å². The molecule has 0 fully saturated rings. The van der Waals surface area contributed by atoms with Crippen molar-refractivity contribution in [3.05, 3.63) is 224 Å². The largest absolute Gasteiger partial charge is 0.453 e. The Hall–Kier alpha value is -7.09. The van der Waals surface area contributed by atoms with E-state index in [4.69, 9.17) is 18.4 Å². The summed E-state index contributed by atoms with van der Waals surface area (Å²) in [5.74, 6) is 1.22. The molecule has 56 heavy (non-hydrogen) atoms. The fourth-order valence-electron chi connectivity index (χ4n) is 6.33. The third-order valence-corrected chi connectivity index (χ3v) is 12.1. The smallest absolute Gasteiger partial charge is 0.350 e. The lowest BCUT2D eigenvalue weighted by Crippen LogP contribution is -2.15. The van der Waals surface area contributed by atoms with Crippen LogP contribution in [0.4, 0.5) is 4.39 Å².